The molecular formula is C45H28N4O. The molecule has 7 aromatic carbocycles. The van der Waals surface area contributed by atoms with Crippen LogP contribution >= 0.6 is 0 Å². The highest BCUT2D eigenvalue weighted by Gasteiger charge is 2.22. The highest BCUT2D eigenvalue weighted by atomic mass is 16.3. The van der Waals surface area contributed by atoms with Crippen molar-refractivity contribution in [2.24, 2.45) is 0 Å². The van der Waals surface area contributed by atoms with Crippen LogP contribution in [0.5, 0.6) is 0 Å². The Kier molecular flexibility index (Phi) is 6.42. The lowest BCUT2D eigenvalue weighted by Crippen LogP contribution is -2.06. The number of aromatic nitrogens is 4. The molecule has 0 spiro atoms. The number of para-hydroxylation sites is 1. The molecule has 234 valence electrons. The van der Waals surface area contributed by atoms with E-state index in [4.69, 9.17) is 19.4 Å². The van der Waals surface area contributed by atoms with E-state index in [1.165, 1.54) is 0 Å². The van der Waals surface area contributed by atoms with Crippen LogP contribution in [-0.4, -0.2) is 19.5 Å². The predicted molar refractivity (Wildman–Crippen MR) is 203 cm³/mol. The molecule has 0 aliphatic heterocycles. The molecule has 0 aliphatic rings. The van der Waals surface area contributed by atoms with Gasteiger partial charge in [-0.15, -0.1) is 0 Å². The van der Waals surface area contributed by atoms with Gasteiger partial charge in [-0.05, 0) is 46.5 Å². The van der Waals surface area contributed by atoms with Gasteiger partial charge in [-0.25, -0.2) is 4.98 Å². The summed E-state index contributed by atoms with van der Waals surface area (Å²) in [5.41, 5.74) is 9.98. The van der Waals surface area contributed by atoms with E-state index in [1.54, 1.807) is 0 Å². The van der Waals surface area contributed by atoms with Crippen LogP contribution in [0.2, 0.25) is 0 Å². The Morgan fingerprint density at radius 3 is 1.60 bits per heavy atom. The predicted octanol–water partition coefficient (Wildman–Crippen LogP) is 11.5. The summed E-state index contributed by atoms with van der Waals surface area (Å²) >= 11 is 0. The van der Waals surface area contributed by atoms with Gasteiger partial charge in [0.05, 0.1) is 5.52 Å². The van der Waals surface area contributed by atoms with Crippen molar-refractivity contribution in [3.8, 4) is 51.0 Å². The lowest BCUT2D eigenvalue weighted by atomic mass is 10.0. The van der Waals surface area contributed by atoms with Crippen molar-refractivity contribution in [2.75, 3.05) is 0 Å². The van der Waals surface area contributed by atoms with E-state index in [1.807, 2.05) is 54.6 Å². The van der Waals surface area contributed by atoms with Crippen LogP contribution in [0.25, 0.3) is 94.7 Å². The fourth-order valence-corrected chi connectivity index (χ4v) is 7.05. The molecule has 5 heteroatoms. The van der Waals surface area contributed by atoms with Crippen molar-refractivity contribution >= 4 is 43.7 Å². The van der Waals surface area contributed by atoms with E-state index in [0.717, 1.165) is 77.1 Å². The average molecular weight is 641 g/mol. The molecule has 0 aliphatic carbocycles. The number of hydrogen-bond donors (Lipinski definition) is 0. The van der Waals surface area contributed by atoms with Crippen molar-refractivity contribution in [1.82, 2.24) is 19.5 Å². The van der Waals surface area contributed by atoms with Gasteiger partial charge in [0.15, 0.2) is 17.2 Å². The lowest BCUT2D eigenvalue weighted by Gasteiger charge is -2.11. The summed E-state index contributed by atoms with van der Waals surface area (Å²) in [7, 11) is 0. The average Bonchev–Trinajstić information content (AvgIpc) is 3.74. The molecule has 0 N–H and O–H groups in total. The summed E-state index contributed by atoms with van der Waals surface area (Å²) in [5.74, 6) is 1.73. The van der Waals surface area contributed by atoms with Crippen molar-refractivity contribution < 1.29 is 4.42 Å². The highest BCUT2D eigenvalue weighted by Crippen LogP contribution is 2.41. The van der Waals surface area contributed by atoms with E-state index in [9.17, 15) is 0 Å². The van der Waals surface area contributed by atoms with Gasteiger partial charge >= 0.3 is 0 Å². The zero-order valence-electron chi connectivity index (χ0n) is 26.9. The standard InChI is InChI=1S/C45H28N4O/c1-4-12-29(13-5-1)31-20-22-33(23-21-31)44-46-43(32-16-8-3-9-17-32)47-45(48-44)49-39-27-24-34(30-14-6-2-7-15-30)28-38(39)36-25-26-37-35-18-10-11-19-40(35)50-42(37)41(36)49/h1-28H. The topological polar surface area (TPSA) is 56.7 Å². The van der Waals surface area contributed by atoms with E-state index in [-0.39, 0.29) is 0 Å². The monoisotopic (exact) mass is 640 g/mol. The Bertz CT molecular complexity index is 2840. The molecule has 0 saturated carbocycles. The second kappa shape index (κ2) is 11.4. The molecule has 10 aromatic rings. The zero-order chi connectivity index (χ0) is 33.0. The fourth-order valence-electron chi connectivity index (χ4n) is 7.05. The first-order chi connectivity index (χ1) is 24.8. The smallest absolute Gasteiger partial charge is 0.238 e. The Balaban J connectivity index is 1.26. The van der Waals surface area contributed by atoms with Crippen molar-refractivity contribution in [3.05, 3.63) is 170 Å². The Labute approximate surface area is 287 Å². The normalized spacial score (nSPS) is 11.6. The van der Waals surface area contributed by atoms with Crippen LogP contribution in [0.1, 0.15) is 0 Å². The largest absolute Gasteiger partial charge is 0.454 e. The van der Waals surface area contributed by atoms with Gasteiger partial charge in [-0.1, -0.05) is 146 Å². The third-order valence-corrected chi connectivity index (χ3v) is 9.48. The second-order valence-electron chi connectivity index (χ2n) is 12.5. The summed E-state index contributed by atoms with van der Waals surface area (Å²) < 4.78 is 8.82. The Hall–Kier alpha value is -6.85. The van der Waals surface area contributed by atoms with Crippen LogP contribution in [0, 0.1) is 0 Å². The number of benzene rings is 7. The molecule has 50 heavy (non-hydrogen) atoms. The van der Waals surface area contributed by atoms with Gasteiger partial charge in [0.1, 0.15) is 11.1 Å². The number of rotatable bonds is 5. The molecule has 0 atom stereocenters. The molecule has 3 heterocycles. The lowest BCUT2D eigenvalue weighted by molar-refractivity contribution is 0.670. The molecule has 0 unspecified atom stereocenters. The maximum absolute atomic E-state index is 6.67. The maximum atomic E-state index is 6.67. The number of furan rings is 1. The molecule has 3 aromatic heterocycles. The minimum absolute atomic E-state index is 0.529. The second-order valence-corrected chi connectivity index (χ2v) is 12.5. The minimum Gasteiger partial charge on any atom is -0.454 e. The zero-order valence-corrected chi connectivity index (χ0v) is 26.9. The van der Waals surface area contributed by atoms with E-state index in [0.29, 0.717) is 17.6 Å². The molecule has 10 rings (SSSR count). The van der Waals surface area contributed by atoms with Crippen LogP contribution < -0.4 is 0 Å². The molecule has 0 amide bonds. The molecule has 0 saturated heterocycles. The Morgan fingerprint density at radius 1 is 0.380 bits per heavy atom. The first kappa shape index (κ1) is 28.2. The van der Waals surface area contributed by atoms with Gasteiger partial charge in [-0.2, -0.15) is 9.97 Å². The summed E-state index contributed by atoms with van der Waals surface area (Å²) in [6.07, 6.45) is 0. The number of fused-ring (bicyclic) bond motifs is 7. The molecule has 0 bridgehead atoms. The van der Waals surface area contributed by atoms with E-state index in [2.05, 4.69) is 120 Å². The molecule has 5 nitrogen and oxygen atoms in total. The summed E-state index contributed by atoms with van der Waals surface area (Å²) in [5, 5.41) is 4.29. The Morgan fingerprint density at radius 2 is 0.900 bits per heavy atom. The quantitative estimate of drug-likeness (QED) is 0.188. The van der Waals surface area contributed by atoms with Gasteiger partial charge in [0.25, 0.3) is 0 Å². The van der Waals surface area contributed by atoms with Crippen LogP contribution in [-0.2, 0) is 0 Å². The summed E-state index contributed by atoms with van der Waals surface area (Å²) in [6, 6.07) is 58.6. The third-order valence-electron chi connectivity index (χ3n) is 9.48. The van der Waals surface area contributed by atoms with Crippen molar-refractivity contribution in [2.45, 2.75) is 0 Å². The number of hydrogen-bond acceptors (Lipinski definition) is 4. The SMILES string of the molecule is c1ccc(-c2ccc(-c3nc(-c4ccccc4)nc(-n4c5ccc(-c6ccccc6)cc5c5ccc6c7ccccc7oc6c54)n3)cc2)cc1. The maximum Gasteiger partial charge on any atom is 0.238 e. The molecule has 0 fully saturated rings. The van der Waals surface area contributed by atoms with Gasteiger partial charge in [0.2, 0.25) is 5.95 Å². The molecule has 0 radical (unpaired) electrons. The van der Waals surface area contributed by atoms with Crippen LogP contribution in [0.4, 0.5) is 0 Å². The summed E-state index contributed by atoms with van der Waals surface area (Å²) in [6.45, 7) is 0. The van der Waals surface area contributed by atoms with Gasteiger partial charge in [-0.3, -0.25) is 4.57 Å². The third kappa shape index (κ3) is 4.60. The fraction of sp³-hybridized carbons (Fsp3) is 0. The van der Waals surface area contributed by atoms with Gasteiger partial charge in [0, 0.05) is 32.7 Å². The van der Waals surface area contributed by atoms with Crippen molar-refractivity contribution in [3.63, 3.8) is 0 Å². The summed E-state index contributed by atoms with van der Waals surface area (Å²) in [4.78, 5) is 15.4. The van der Waals surface area contributed by atoms with Crippen molar-refractivity contribution in [1.29, 1.82) is 0 Å². The van der Waals surface area contributed by atoms with E-state index >= 15 is 0 Å². The minimum atomic E-state index is 0.529. The first-order valence-corrected chi connectivity index (χ1v) is 16.7. The molecular weight excluding hydrogens is 613 g/mol. The van der Waals surface area contributed by atoms with Crippen LogP contribution in [0.3, 0.4) is 0 Å². The van der Waals surface area contributed by atoms with Crippen LogP contribution in [0.15, 0.2) is 174 Å². The number of nitrogens with zero attached hydrogens (tertiary/aromatic N) is 4. The highest BCUT2D eigenvalue weighted by molar-refractivity contribution is 6.21. The van der Waals surface area contributed by atoms with E-state index < -0.39 is 0 Å². The first-order valence-electron chi connectivity index (χ1n) is 16.7. The van der Waals surface area contributed by atoms with Gasteiger partial charge < -0.3 is 4.42 Å².